The molecule has 1 aliphatic rings. The van der Waals surface area contributed by atoms with Gasteiger partial charge in [0.25, 0.3) is 5.91 Å². The number of aromatic nitrogens is 3. The van der Waals surface area contributed by atoms with Crippen LogP contribution >= 0.6 is 0 Å². The topological polar surface area (TPSA) is 93.3 Å². The number of amides is 2. The van der Waals surface area contributed by atoms with Gasteiger partial charge >= 0.3 is 0 Å². The predicted octanol–water partition coefficient (Wildman–Crippen LogP) is 1.60. The van der Waals surface area contributed by atoms with Gasteiger partial charge in [-0.3, -0.25) is 14.3 Å². The number of likely N-dealkylation sites (tertiary alicyclic amines) is 1. The summed E-state index contributed by atoms with van der Waals surface area (Å²) in [6.07, 6.45) is 7.15. The van der Waals surface area contributed by atoms with Crippen LogP contribution < -0.4 is 5.32 Å². The van der Waals surface area contributed by atoms with E-state index in [0.29, 0.717) is 12.2 Å². The molecule has 1 aliphatic heterocycles. The van der Waals surface area contributed by atoms with E-state index in [1.165, 1.54) is 0 Å². The van der Waals surface area contributed by atoms with Crippen LogP contribution in [0.25, 0.3) is 11.3 Å². The van der Waals surface area contributed by atoms with E-state index in [-0.39, 0.29) is 11.6 Å². The lowest BCUT2D eigenvalue weighted by Gasteiger charge is -2.30. The van der Waals surface area contributed by atoms with Gasteiger partial charge in [-0.05, 0) is 25.7 Å². The Labute approximate surface area is 146 Å². The highest BCUT2D eigenvalue weighted by atomic mass is 16.5. The summed E-state index contributed by atoms with van der Waals surface area (Å²) in [5.74, 6) is 0.0382. The molecular weight excluding hydrogens is 322 g/mol. The van der Waals surface area contributed by atoms with Crippen LogP contribution in [0.5, 0.6) is 0 Å². The second kappa shape index (κ2) is 7.50. The number of hydrogen-bond acceptors (Lipinski definition) is 5. The number of aryl methyl sites for hydroxylation is 1. The van der Waals surface area contributed by atoms with Crippen molar-refractivity contribution in [1.82, 2.24) is 25.2 Å². The lowest BCUT2D eigenvalue weighted by atomic mass is 10.1. The fourth-order valence-electron chi connectivity index (χ4n) is 2.97. The summed E-state index contributed by atoms with van der Waals surface area (Å²) in [6, 6.07) is 1.02. The molecule has 3 rings (SSSR count). The first kappa shape index (κ1) is 17.2. The van der Waals surface area contributed by atoms with E-state index < -0.39 is 11.9 Å². The molecule has 2 amide bonds. The Balaban J connectivity index is 1.66. The Morgan fingerprint density at radius 3 is 2.72 bits per heavy atom. The highest BCUT2D eigenvalue weighted by Crippen LogP contribution is 2.19. The molecule has 134 valence electrons. The van der Waals surface area contributed by atoms with Gasteiger partial charge in [0.05, 0.1) is 11.8 Å². The molecule has 0 saturated carbocycles. The van der Waals surface area contributed by atoms with Crippen molar-refractivity contribution in [1.29, 1.82) is 0 Å². The minimum Gasteiger partial charge on any atom is -0.355 e. The molecule has 2 aromatic rings. The molecule has 8 nitrogen and oxygen atoms in total. The van der Waals surface area contributed by atoms with Crippen LogP contribution in [0.4, 0.5) is 0 Å². The number of piperidine rings is 1. The number of carbonyl (C=O) groups is 2. The Hall–Kier alpha value is -2.64. The van der Waals surface area contributed by atoms with Gasteiger partial charge in [-0.2, -0.15) is 5.10 Å². The first-order valence-corrected chi connectivity index (χ1v) is 8.64. The van der Waals surface area contributed by atoms with Crippen molar-refractivity contribution >= 4 is 11.8 Å². The quantitative estimate of drug-likeness (QED) is 0.888. The van der Waals surface area contributed by atoms with E-state index in [4.69, 9.17) is 4.52 Å². The lowest BCUT2D eigenvalue weighted by Crippen LogP contribution is -2.49. The number of nitrogens with one attached hydrogen (secondary N) is 1. The minimum absolute atomic E-state index is 0.0217. The molecule has 1 fully saturated rings. The third kappa shape index (κ3) is 3.89. The summed E-state index contributed by atoms with van der Waals surface area (Å²) in [6.45, 7) is 3.41. The number of carbonyl (C=O) groups excluding carboxylic acids is 2. The van der Waals surface area contributed by atoms with E-state index in [9.17, 15) is 9.59 Å². The molecule has 0 spiro atoms. The molecule has 0 aliphatic carbocycles. The van der Waals surface area contributed by atoms with E-state index in [1.807, 2.05) is 11.8 Å². The normalized spacial score (nSPS) is 15.8. The molecule has 1 atom stereocenters. The largest absolute Gasteiger partial charge is 0.355 e. The van der Waals surface area contributed by atoms with Gasteiger partial charge in [-0.25, -0.2) is 0 Å². The van der Waals surface area contributed by atoms with Crippen LogP contribution in [0.2, 0.25) is 0 Å². The van der Waals surface area contributed by atoms with Gasteiger partial charge in [-0.15, -0.1) is 0 Å². The maximum atomic E-state index is 12.6. The first-order valence-electron chi connectivity index (χ1n) is 8.64. The molecule has 1 N–H and O–H groups in total. The standard InChI is InChI=1S/C17H23N5O3/c1-3-13(17(24)22-7-5-4-6-8-22)19-16(23)14-9-15(25-20-14)12-10-18-21(2)11-12/h9-11,13H,3-8H2,1-2H3,(H,19,23). The number of rotatable bonds is 5. The van der Waals surface area contributed by atoms with Crippen molar-refractivity contribution < 1.29 is 14.1 Å². The molecule has 0 radical (unpaired) electrons. The highest BCUT2D eigenvalue weighted by Gasteiger charge is 2.27. The molecule has 3 heterocycles. The summed E-state index contributed by atoms with van der Waals surface area (Å²) < 4.78 is 6.86. The molecule has 1 unspecified atom stereocenters. The van der Waals surface area contributed by atoms with E-state index in [2.05, 4.69) is 15.6 Å². The maximum absolute atomic E-state index is 12.6. The number of nitrogens with zero attached hydrogens (tertiary/aromatic N) is 4. The lowest BCUT2D eigenvalue weighted by molar-refractivity contribution is -0.134. The second-order valence-electron chi connectivity index (χ2n) is 6.30. The van der Waals surface area contributed by atoms with Gasteiger partial charge in [0.15, 0.2) is 11.5 Å². The fraction of sp³-hybridized carbons (Fsp3) is 0.529. The average Bonchev–Trinajstić information content (AvgIpc) is 3.28. The predicted molar refractivity (Wildman–Crippen MR) is 90.7 cm³/mol. The van der Waals surface area contributed by atoms with Crippen molar-refractivity contribution in [2.75, 3.05) is 13.1 Å². The molecular formula is C17H23N5O3. The smallest absolute Gasteiger partial charge is 0.274 e. The van der Waals surface area contributed by atoms with Gasteiger partial charge < -0.3 is 14.7 Å². The van der Waals surface area contributed by atoms with Gasteiger partial charge in [0.2, 0.25) is 5.91 Å². The summed E-state index contributed by atoms with van der Waals surface area (Å²) in [5.41, 5.74) is 0.897. The van der Waals surface area contributed by atoms with Crippen LogP contribution in [0.3, 0.4) is 0 Å². The van der Waals surface area contributed by atoms with Crippen molar-refractivity contribution in [3.05, 3.63) is 24.2 Å². The van der Waals surface area contributed by atoms with E-state index >= 15 is 0 Å². The summed E-state index contributed by atoms with van der Waals surface area (Å²) in [7, 11) is 1.80. The fourth-order valence-corrected chi connectivity index (χ4v) is 2.97. The molecule has 0 aromatic carbocycles. The van der Waals surface area contributed by atoms with Crippen molar-refractivity contribution in [3.63, 3.8) is 0 Å². The van der Waals surface area contributed by atoms with Crippen molar-refractivity contribution in [3.8, 4) is 11.3 Å². The first-order chi connectivity index (χ1) is 12.1. The van der Waals surface area contributed by atoms with Crippen LogP contribution in [-0.2, 0) is 11.8 Å². The van der Waals surface area contributed by atoms with Crippen molar-refractivity contribution in [2.45, 2.75) is 38.6 Å². The maximum Gasteiger partial charge on any atom is 0.274 e. The Morgan fingerprint density at radius 1 is 1.32 bits per heavy atom. The zero-order valence-electron chi connectivity index (χ0n) is 14.6. The zero-order chi connectivity index (χ0) is 17.8. The second-order valence-corrected chi connectivity index (χ2v) is 6.30. The Kier molecular flexibility index (Phi) is 5.16. The summed E-state index contributed by atoms with van der Waals surface area (Å²) in [5, 5.41) is 10.7. The molecule has 2 aromatic heterocycles. The third-order valence-electron chi connectivity index (χ3n) is 4.41. The molecule has 8 heteroatoms. The Morgan fingerprint density at radius 2 is 2.08 bits per heavy atom. The average molecular weight is 345 g/mol. The van der Waals surface area contributed by atoms with Crippen LogP contribution in [0, 0.1) is 0 Å². The zero-order valence-corrected chi connectivity index (χ0v) is 14.6. The SMILES string of the molecule is CCC(NC(=O)c1cc(-c2cnn(C)c2)on1)C(=O)N1CCCCC1. The molecule has 25 heavy (non-hydrogen) atoms. The highest BCUT2D eigenvalue weighted by molar-refractivity contribution is 5.96. The van der Waals surface area contributed by atoms with Gasteiger partial charge in [0.1, 0.15) is 6.04 Å². The molecule has 1 saturated heterocycles. The summed E-state index contributed by atoms with van der Waals surface area (Å²) in [4.78, 5) is 26.8. The van der Waals surface area contributed by atoms with E-state index in [0.717, 1.165) is 37.9 Å². The van der Waals surface area contributed by atoms with Crippen LogP contribution in [0.15, 0.2) is 23.0 Å². The minimum atomic E-state index is -0.538. The number of hydrogen-bond donors (Lipinski definition) is 1. The van der Waals surface area contributed by atoms with E-state index in [1.54, 1.807) is 30.2 Å². The van der Waals surface area contributed by atoms with Gasteiger partial charge in [-0.1, -0.05) is 12.1 Å². The van der Waals surface area contributed by atoms with Crippen LogP contribution in [0.1, 0.15) is 43.1 Å². The van der Waals surface area contributed by atoms with Crippen LogP contribution in [-0.4, -0.2) is 50.8 Å². The Bertz CT molecular complexity index is 745. The monoisotopic (exact) mass is 345 g/mol. The van der Waals surface area contributed by atoms with Crippen molar-refractivity contribution in [2.24, 2.45) is 7.05 Å². The molecule has 0 bridgehead atoms. The third-order valence-corrected chi connectivity index (χ3v) is 4.41. The summed E-state index contributed by atoms with van der Waals surface area (Å²) >= 11 is 0. The van der Waals surface area contributed by atoms with Gasteiger partial charge in [0, 0.05) is 32.4 Å².